The van der Waals surface area contributed by atoms with Crippen LogP contribution in [0.3, 0.4) is 0 Å². The Hall–Kier alpha value is -3.35. The van der Waals surface area contributed by atoms with Crippen LogP contribution < -0.4 is 5.32 Å². The minimum Gasteiger partial charge on any atom is -0.394 e. The standard InChI is InChI=1S/C85H149NO13/c1-3-5-7-9-11-13-15-17-19-21-23-25-27-29-31-33-34-35-36-37-38-39-40-41-43-45-47-49-51-53-55-57-59-61-63-65-67-69-77(90)86-73(72-96-84-82(95)80(93)83(76(71-88)98-84)99-85-81(94)79(92)78(91)75(70-87)97-85)74(89)68-66-64-62-60-58-56-54-52-50-48-46-44-42-32-30-28-26-24-22-20-18-16-14-12-10-8-6-4-2/h5,7,11,13,17,19,23,25,29,31,34-35,37-38,40-41,45,47,73-76,78-85,87-89,91-95H,3-4,6,8-10,12,14-16,18,20-22,24,26-28,30,32-33,36,39,42-44,46,48-72H2,1-2H3,(H,86,90)/b7-5-,13-11-,19-17-,25-23-,31-29-,35-34-,38-37-,41-40-,47-45-. The van der Waals surface area contributed by atoms with Crippen LogP contribution in [0, 0.1) is 0 Å². The second kappa shape index (κ2) is 67.8. The van der Waals surface area contributed by atoms with Gasteiger partial charge >= 0.3 is 0 Å². The summed E-state index contributed by atoms with van der Waals surface area (Å²) < 4.78 is 23.0. The summed E-state index contributed by atoms with van der Waals surface area (Å²) in [7, 11) is 0. The summed E-state index contributed by atoms with van der Waals surface area (Å²) >= 11 is 0. The van der Waals surface area contributed by atoms with E-state index in [4.69, 9.17) is 18.9 Å². The molecule has 14 nitrogen and oxygen atoms in total. The van der Waals surface area contributed by atoms with E-state index in [1.807, 2.05) is 0 Å². The SMILES string of the molecule is CC/C=C\C/C=C\C/C=C\C/C=C\C/C=C\C/C=C\C/C=C\C/C=C\C/C=C\CCCCCCCCCCCC(=O)NC(COC1OC(CO)C(OC2OC(CO)C(O)C(O)C2O)C(O)C1O)C(O)CCCCCCCCCCCCCCCCCCCCCCCCCCCCCC. The molecule has 1 amide bonds. The van der Waals surface area contributed by atoms with E-state index in [1.165, 1.54) is 186 Å². The summed E-state index contributed by atoms with van der Waals surface area (Å²) in [6, 6.07) is -0.842. The first-order valence-electron chi connectivity index (χ1n) is 40.6. The highest BCUT2D eigenvalue weighted by atomic mass is 16.7. The number of aliphatic hydroxyl groups is 8. The van der Waals surface area contributed by atoms with Crippen LogP contribution in [0.1, 0.15) is 328 Å². The molecule has 0 radical (unpaired) electrons. The molecule has 14 heteroatoms. The lowest BCUT2D eigenvalue weighted by atomic mass is 9.97. The van der Waals surface area contributed by atoms with Crippen molar-refractivity contribution in [3.05, 3.63) is 109 Å². The number of unbranched alkanes of at least 4 members (excludes halogenated alkanes) is 36. The number of amides is 1. The molecule has 2 aliphatic rings. The van der Waals surface area contributed by atoms with E-state index in [2.05, 4.69) is 129 Å². The fraction of sp³-hybridized carbons (Fsp3) is 0.776. The lowest BCUT2D eigenvalue weighted by Crippen LogP contribution is -2.65. The predicted octanol–water partition coefficient (Wildman–Crippen LogP) is 18.6. The van der Waals surface area contributed by atoms with Gasteiger partial charge in [0.1, 0.15) is 48.8 Å². The minimum atomic E-state index is -1.79. The van der Waals surface area contributed by atoms with Gasteiger partial charge in [-0.15, -0.1) is 0 Å². The third-order valence-corrected chi connectivity index (χ3v) is 19.3. The van der Waals surface area contributed by atoms with Crippen molar-refractivity contribution in [1.82, 2.24) is 5.32 Å². The summed E-state index contributed by atoms with van der Waals surface area (Å²) in [4.78, 5) is 13.4. The van der Waals surface area contributed by atoms with Crippen molar-refractivity contribution in [1.29, 1.82) is 0 Å². The van der Waals surface area contributed by atoms with Crippen LogP contribution in [0.5, 0.6) is 0 Å². The van der Waals surface area contributed by atoms with Gasteiger partial charge < -0.3 is 65.1 Å². The molecule has 0 bridgehead atoms. The molecule has 0 aromatic rings. The number of allylic oxidation sites excluding steroid dienone is 18. The summed E-state index contributed by atoms with van der Waals surface area (Å²) in [6.07, 6.45) is 81.1. The van der Waals surface area contributed by atoms with Crippen LogP contribution in [-0.2, 0) is 23.7 Å². The van der Waals surface area contributed by atoms with Gasteiger partial charge in [0.25, 0.3) is 0 Å². The molecule has 12 unspecified atom stereocenters. The number of carbonyl (C=O) groups excluding carboxylic acids is 1. The molecule has 12 atom stereocenters. The monoisotopic (exact) mass is 1390 g/mol. The lowest BCUT2D eigenvalue weighted by molar-refractivity contribution is -0.359. The average Bonchev–Trinajstić information content (AvgIpc) is 0.793. The molecule has 2 aliphatic heterocycles. The second-order valence-corrected chi connectivity index (χ2v) is 28.2. The molecule has 2 heterocycles. The normalized spacial score (nSPS) is 22.5. The van der Waals surface area contributed by atoms with Gasteiger partial charge in [-0.25, -0.2) is 0 Å². The summed E-state index contributed by atoms with van der Waals surface area (Å²) in [5, 5.41) is 87.9. The van der Waals surface area contributed by atoms with E-state index in [1.54, 1.807) is 0 Å². The van der Waals surface area contributed by atoms with E-state index in [0.717, 1.165) is 109 Å². The fourth-order valence-electron chi connectivity index (χ4n) is 12.9. The Bertz CT molecular complexity index is 2080. The summed E-state index contributed by atoms with van der Waals surface area (Å²) in [5.41, 5.74) is 0. The third kappa shape index (κ3) is 50.7. The van der Waals surface area contributed by atoms with Crippen molar-refractivity contribution in [3.8, 4) is 0 Å². The molecule has 2 rings (SSSR count). The second-order valence-electron chi connectivity index (χ2n) is 28.2. The van der Waals surface area contributed by atoms with Gasteiger partial charge in [0.15, 0.2) is 12.6 Å². The largest absolute Gasteiger partial charge is 0.394 e. The quantitative estimate of drug-likeness (QED) is 0.0204. The highest BCUT2D eigenvalue weighted by molar-refractivity contribution is 5.76. The number of carbonyl (C=O) groups is 1. The van der Waals surface area contributed by atoms with Crippen LogP contribution in [0.25, 0.3) is 0 Å². The van der Waals surface area contributed by atoms with Crippen molar-refractivity contribution in [2.45, 2.75) is 402 Å². The molecule has 0 aliphatic carbocycles. The molecule has 0 saturated carbocycles. The van der Waals surface area contributed by atoms with Crippen LogP contribution >= 0.6 is 0 Å². The molecule has 2 fully saturated rings. The zero-order valence-corrected chi connectivity index (χ0v) is 62.7. The van der Waals surface area contributed by atoms with Gasteiger partial charge in [-0.3, -0.25) is 4.79 Å². The van der Waals surface area contributed by atoms with Crippen LogP contribution in [0.2, 0.25) is 0 Å². The first-order chi connectivity index (χ1) is 48.6. The Labute approximate surface area is 604 Å². The van der Waals surface area contributed by atoms with Gasteiger partial charge in [0, 0.05) is 6.42 Å². The molecule has 99 heavy (non-hydrogen) atoms. The molecule has 572 valence electrons. The van der Waals surface area contributed by atoms with Crippen molar-refractivity contribution >= 4 is 5.91 Å². The molecular formula is C85H149NO13. The zero-order chi connectivity index (χ0) is 71.5. The first-order valence-corrected chi connectivity index (χ1v) is 40.6. The van der Waals surface area contributed by atoms with E-state index in [0.29, 0.717) is 19.3 Å². The molecule has 2 saturated heterocycles. The predicted molar refractivity (Wildman–Crippen MR) is 410 cm³/mol. The maximum absolute atomic E-state index is 13.4. The van der Waals surface area contributed by atoms with Crippen molar-refractivity contribution < 1.29 is 64.6 Å². The Morgan fingerprint density at radius 1 is 0.374 bits per heavy atom. The third-order valence-electron chi connectivity index (χ3n) is 19.3. The lowest BCUT2D eigenvalue weighted by Gasteiger charge is -2.46. The number of ether oxygens (including phenoxy) is 4. The van der Waals surface area contributed by atoms with Crippen LogP contribution in [0.15, 0.2) is 109 Å². The van der Waals surface area contributed by atoms with Crippen LogP contribution in [-0.4, -0.2) is 140 Å². The van der Waals surface area contributed by atoms with Gasteiger partial charge in [-0.1, -0.05) is 348 Å². The summed E-state index contributed by atoms with van der Waals surface area (Å²) in [6.45, 7) is 2.78. The van der Waals surface area contributed by atoms with E-state index in [-0.39, 0.29) is 12.5 Å². The number of hydrogen-bond acceptors (Lipinski definition) is 13. The minimum absolute atomic E-state index is 0.213. The Kier molecular flexibility index (Phi) is 62.8. The van der Waals surface area contributed by atoms with Gasteiger partial charge in [-0.05, 0) is 83.5 Å². The highest BCUT2D eigenvalue weighted by Gasteiger charge is 2.51. The zero-order valence-electron chi connectivity index (χ0n) is 62.7. The maximum Gasteiger partial charge on any atom is 0.220 e. The Morgan fingerprint density at radius 2 is 0.697 bits per heavy atom. The topological polar surface area (TPSA) is 228 Å². The number of hydrogen-bond donors (Lipinski definition) is 9. The van der Waals surface area contributed by atoms with Crippen LogP contribution in [0.4, 0.5) is 0 Å². The van der Waals surface area contributed by atoms with Crippen molar-refractivity contribution in [2.24, 2.45) is 0 Å². The van der Waals surface area contributed by atoms with Crippen molar-refractivity contribution in [2.75, 3.05) is 19.8 Å². The Morgan fingerprint density at radius 3 is 1.07 bits per heavy atom. The Balaban J connectivity index is 1.62. The molecule has 0 aromatic heterocycles. The smallest absolute Gasteiger partial charge is 0.220 e. The summed E-state index contributed by atoms with van der Waals surface area (Å²) in [5.74, 6) is -0.213. The molecule has 0 aromatic carbocycles. The highest BCUT2D eigenvalue weighted by Crippen LogP contribution is 2.30. The first kappa shape index (κ1) is 91.7. The number of rotatable bonds is 67. The molecular weight excluding hydrogens is 1240 g/mol. The van der Waals surface area contributed by atoms with Gasteiger partial charge in [0.05, 0.1) is 32.0 Å². The van der Waals surface area contributed by atoms with E-state index < -0.39 is 86.8 Å². The fourth-order valence-corrected chi connectivity index (χ4v) is 12.9. The number of aliphatic hydroxyl groups excluding tert-OH is 8. The molecule has 0 spiro atoms. The van der Waals surface area contributed by atoms with Crippen molar-refractivity contribution in [3.63, 3.8) is 0 Å². The van der Waals surface area contributed by atoms with E-state index >= 15 is 0 Å². The van der Waals surface area contributed by atoms with Gasteiger partial charge in [0.2, 0.25) is 5.91 Å². The van der Waals surface area contributed by atoms with E-state index in [9.17, 15) is 45.6 Å². The average molecular weight is 1390 g/mol. The maximum atomic E-state index is 13.4. The molecule has 9 N–H and O–H groups in total. The number of nitrogens with one attached hydrogen (secondary N) is 1. The van der Waals surface area contributed by atoms with Gasteiger partial charge in [-0.2, -0.15) is 0 Å².